The summed E-state index contributed by atoms with van der Waals surface area (Å²) in [5.74, 6) is 0. The van der Waals surface area contributed by atoms with Crippen LogP contribution in [0.2, 0.25) is 0 Å². The van der Waals surface area contributed by atoms with Crippen LogP contribution in [-0.4, -0.2) is 14.5 Å². The summed E-state index contributed by atoms with van der Waals surface area (Å²) in [6.07, 6.45) is 0.712. The fraction of sp³-hybridized carbons (Fsp3) is 0.231. The van der Waals surface area contributed by atoms with E-state index in [1.165, 1.54) is 4.88 Å². The molecule has 2 rings (SSSR count). The van der Waals surface area contributed by atoms with E-state index in [1.54, 1.807) is 41.7 Å². The van der Waals surface area contributed by atoms with Crippen LogP contribution < -0.4 is 4.72 Å². The summed E-state index contributed by atoms with van der Waals surface area (Å²) in [4.78, 5) is 1.49. The zero-order valence-corrected chi connectivity index (χ0v) is 11.7. The van der Waals surface area contributed by atoms with E-state index in [9.17, 15) is 8.42 Å². The van der Waals surface area contributed by atoms with Crippen LogP contribution in [0.1, 0.15) is 11.8 Å². The molecule has 0 spiro atoms. The van der Waals surface area contributed by atoms with Gasteiger partial charge in [0.1, 0.15) is 0 Å². The van der Waals surface area contributed by atoms with Crippen molar-refractivity contribution in [2.24, 2.45) is 0 Å². The van der Waals surface area contributed by atoms with E-state index < -0.39 is 10.0 Å². The summed E-state index contributed by atoms with van der Waals surface area (Å²) in [5, 5.41) is 1.99. The second-order valence-corrected chi connectivity index (χ2v) is 6.87. The van der Waals surface area contributed by atoms with Gasteiger partial charge in [-0.15, -0.1) is 11.3 Å². The van der Waals surface area contributed by atoms with E-state index in [0.29, 0.717) is 11.3 Å². The smallest absolute Gasteiger partial charge is 0.208 e. The lowest BCUT2D eigenvalue weighted by molar-refractivity contribution is 0.560. The Morgan fingerprint density at radius 2 is 1.89 bits per heavy atom. The molecule has 1 aromatic heterocycles. The summed E-state index contributed by atoms with van der Waals surface area (Å²) in [6, 6.07) is 12.3. The van der Waals surface area contributed by atoms with Gasteiger partial charge in [-0.05, 0) is 36.9 Å². The number of nitrogens with one attached hydrogen (secondary N) is 1. The third-order valence-electron chi connectivity index (χ3n) is 2.50. The van der Waals surface area contributed by atoms with Gasteiger partial charge in [-0.25, -0.2) is 13.1 Å². The molecule has 0 aliphatic heterocycles. The summed E-state index contributed by atoms with van der Waals surface area (Å²) in [7, 11) is -3.41. The highest BCUT2D eigenvalue weighted by molar-refractivity contribution is 7.89. The standard InChI is InChI=1S/C13H15NO2S2/c1-11(10-12-6-5-9-17-12)14-18(15,16)13-7-3-2-4-8-13/h2-9,11,14H,10H2,1H3. The molecule has 0 saturated heterocycles. The highest BCUT2D eigenvalue weighted by Crippen LogP contribution is 2.13. The highest BCUT2D eigenvalue weighted by Gasteiger charge is 2.17. The normalized spacial score (nSPS) is 13.4. The molecule has 1 atom stereocenters. The Bertz CT molecular complexity index is 577. The molecule has 0 aliphatic carbocycles. The topological polar surface area (TPSA) is 46.2 Å². The van der Waals surface area contributed by atoms with Gasteiger partial charge < -0.3 is 0 Å². The molecule has 1 unspecified atom stereocenters. The molecule has 96 valence electrons. The first-order valence-corrected chi connectivity index (χ1v) is 8.04. The number of rotatable bonds is 5. The number of thiophene rings is 1. The van der Waals surface area contributed by atoms with E-state index in [1.807, 2.05) is 24.4 Å². The molecule has 0 bridgehead atoms. The summed E-state index contributed by atoms with van der Waals surface area (Å²) < 4.78 is 26.8. The Morgan fingerprint density at radius 1 is 1.17 bits per heavy atom. The minimum Gasteiger partial charge on any atom is -0.208 e. The summed E-state index contributed by atoms with van der Waals surface area (Å²) in [5.41, 5.74) is 0. The zero-order valence-electron chi connectivity index (χ0n) is 10.0. The van der Waals surface area contributed by atoms with Gasteiger partial charge in [0.2, 0.25) is 10.0 Å². The van der Waals surface area contributed by atoms with Crippen molar-refractivity contribution in [3.05, 3.63) is 52.7 Å². The van der Waals surface area contributed by atoms with Crippen molar-refractivity contribution in [1.82, 2.24) is 4.72 Å². The monoisotopic (exact) mass is 281 g/mol. The molecule has 0 amide bonds. The average Bonchev–Trinajstić information content (AvgIpc) is 2.82. The molecule has 3 nitrogen and oxygen atoms in total. The molecule has 18 heavy (non-hydrogen) atoms. The highest BCUT2D eigenvalue weighted by atomic mass is 32.2. The minimum absolute atomic E-state index is 0.117. The van der Waals surface area contributed by atoms with Crippen LogP contribution in [0.4, 0.5) is 0 Å². The van der Waals surface area contributed by atoms with Gasteiger partial charge >= 0.3 is 0 Å². The fourth-order valence-electron chi connectivity index (χ4n) is 1.70. The molecule has 0 fully saturated rings. The number of benzene rings is 1. The van der Waals surface area contributed by atoms with E-state index in [4.69, 9.17) is 0 Å². The van der Waals surface area contributed by atoms with Gasteiger partial charge in [-0.1, -0.05) is 24.3 Å². The molecule has 0 saturated carbocycles. The van der Waals surface area contributed by atoms with Crippen LogP contribution in [0, 0.1) is 0 Å². The average molecular weight is 281 g/mol. The molecule has 0 radical (unpaired) electrons. The van der Waals surface area contributed by atoms with Crippen molar-refractivity contribution in [3.8, 4) is 0 Å². The first kappa shape index (κ1) is 13.3. The Labute approximate surface area is 112 Å². The molecule has 1 N–H and O–H groups in total. The van der Waals surface area contributed by atoms with Crippen LogP contribution in [0.5, 0.6) is 0 Å². The van der Waals surface area contributed by atoms with E-state index in [-0.39, 0.29) is 6.04 Å². The van der Waals surface area contributed by atoms with Crippen molar-refractivity contribution in [3.63, 3.8) is 0 Å². The van der Waals surface area contributed by atoms with Gasteiger partial charge in [0.15, 0.2) is 0 Å². The van der Waals surface area contributed by atoms with E-state index in [0.717, 1.165) is 0 Å². The second kappa shape index (κ2) is 5.65. The van der Waals surface area contributed by atoms with Crippen molar-refractivity contribution in [2.45, 2.75) is 24.3 Å². The third-order valence-corrected chi connectivity index (χ3v) is 5.00. The van der Waals surface area contributed by atoms with Gasteiger partial charge in [0.05, 0.1) is 4.90 Å². The van der Waals surface area contributed by atoms with Gasteiger partial charge in [0, 0.05) is 10.9 Å². The van der Waals surface area contributed by atoms with Crippen molar-refractivity contribution in [1.29, 1.82) is 0 Å². The maximum atomic E-state index is 12.1. The lowest BCUT2D eigenvalue weighted by Gasteiger charge is -2.13. The molecule has 2 aromatic rings. The maximum Gasteiger partial charge on any atom is 0.240 e. The van der Waals surface area contributed by atoms with Crippen LogP contribution in [0.3, 0.4) is 0 Å². The number of hydrogen-bond acceptors (Lipinski definition) is 3. The van der Waals surface area contributed by atoms with Crippen molar-refractivity contribution >= 4 is 21.4 Å². The Kier molecular flexibility index (Phi) is 4.16. The van der Waals surface area contributed by atoms with Crippen LogP contribution >= 0.6 is 11.3 Å². The van der Waals surface area contributed by atoms with E-state index in [2.05, 4.69) is 4.72 Å². The molecule has 1 aromatic carbocycles. The molecular formula is C13H15NO2S2. The molecule has 1 heterocycles. The number of hydrogen-bond donors (Lipinski definition) is 1. The quantitative estimate of drug-likeness (QED) is 0.916. The summed E-state index contributed by atoms with van der Waals surface area (Å²) >= 11 is 1.64. The third kappa shape index (κ3) is 3.41. The van der Waals surface area contributed by atoms with Crippen molar-refractivity contribution < 1.29 is 8.42 Å². The zero-order chi connectivity index (χ0) is 13.0. The predicted octanol–water partition coefficient (Wildman–Crippen LogP) is 2.66. The fourth-order valence-corrected chi connectivity index (χ4v) is 3.80. The van der Waals surface area contributed by atoms with Gasteiger partial charge in [-0.2, -0.15) is 0 Å². The lowest BCUT2D eigenvalue weighted by Crippen LogP contribution is -2.33. The number of sulfonamides is 1. The molecule has 0 aliphatic rings. The second-order valence-electron chi connectivity index (χ2n) is 4.12. The predicted molar refractivity (Wildman–Crippen MR) is 74.2 cm³/mol. The summed E-state index contributed by atoms with van der Waals surface area (Å²) in [6.45, 7) is 1.88. The van der Waals surface area contributed by atoms with Crippen LogP contribution in [-0.2, 0) is 16.4 Å². The Balaban J connectivity index is 2.05. The van der Waals surface area contributed by atoms with Crippen LogP contribution in [0.15, 0.2) is 52.7 Å². The Hall–Kier alpha value is -1.17. The largest absolute Gasteiger partial charge is 0.240 e. The SMILES string of the molecule is CC(Cc1cccs1)NS(=O)(=O)c1ccccc1. The molecule has 5 heteroatoms. The minimum atomic E-state index is -3.41. The van der Waals surface area contributed by atoms with Crippen molar-refractivity contribution in [2.75, 3.05) is 0 Å². The lowest BCUT2D eigenvalue weighted by atomic mass is 10.2. The Morgan fingerprint density at radius 3 is 2.50 bits per heavy atom. The van der Waals surface area contributed by atoms with Gasteiger partial charge in [0.25, 0.3) is 0 Å². The first-order valence-electron chi connectivity index (χ1n) is 5.68. The van der Waals surface area contributed by atoms with Gasteiger partial charge in [-0.3, -0.25) is 0 Å². The van der Waals surface area contributed by atoms with E-state index >= 15 is 0 Å². The van der Waals surface area contributed by atoms with Crippen LogP contribution in [0.25, 0.3) is 0 Å². The first-order chi connectivity index (χ1) is 8.58. The maximum absolute atomic E-state index is 12.1. The molecular weight excluding hydrogens is 266 g/mol.